The third kappa shape index (κ3) is 2.26. The zero-order valence-corrected chi connectivity index (χ0v) is 13.1. The fraction of sp³-hybridized carbons (Fsp3) is 0.556. The molecule has 1 aromatic carbocycles. The standard InChI is InChI=1S/C18H24N2O2/c1-13-14-5-2-3-6-15(14)19-16(13)11-20-9-7-17(21)18(12-20)8-4-10-22-18/h2-3,5-6,17,19,21H,4,7-12H2,1H3/t17-,18-/m0/s1. The van der Waals surface area contributed by atoms with E-state index in [1.54, 1.807) is 0 Å². The highest BCUT2D eigenvalue weighted by Crippen LogP contribution is 2.35. The van der Waals surface area contributed by atoms with E-state index in [9.17, 15) is 5.11 Å². The zero-order valence-electron chi connectivity index (χ0n) is 13.1. The van der Waals surface area contributed by atoms with Crippen LogP contribution >= 0.6 is 0 Å². The Kier molecular flexibility index (Phi) is 3.48. The number of aromatic amines is 1. The summed E-state index contributed by atoms with van der Waals surface area (Å²) in [6.07, 6.45) is 2.54. The molecule has 2 aliphatic heterocycles. The van der Waals surface area contributed by atoms with Gasteiger partial charge in [-0.2, -0.15) is 0 Å². The maximum absolute atomic E-state index is 10.4. The van der Waals surface area contributed by atoms with Gasteiger partial charge in [-0.1, -0.05) is 18.2 Å². The van der Waals surface area contributed by atoms with Gasteiger partial charge in [-0.25, -0.2) is 0 Å². The molecule has 2 aromatic rings. The maximum Gasteiger partial charge on any atom is 0.107 e. The summed E-state index contributed by atoms with van der Waals surface area (Å²) in [6.45, 7) is 5.65. The molecule has 0 bridgehead atoms. The zero-order chi connectivity index (χ0) is 15.2. The number of aliphatic hydroxyl groups is 1. The summed E-state index contributed by atoms with van der Waals surface area (Å²) in [5.41, 5.74) is 3.51. The van der Waals surface area contributed by atoms with Crippen LogP contribution in [0.3, 0.4) is 0 Å². The minimum absolute atomic E-state index is 0.310. The van der Waals surface area contributed by atoms with Gasteiger partial charge >= 0.3 is 0 Å². The SMILES string of the molecule is Cc1c(CN2CC[C@H](O)[C@]3(CCCO3)C2)[nH]c2ccccc12. The highest BCUT2D eigenvalue weighted by atomic mass is 16.5. The van der Waals surface area contributed by atoms with Crippen LogP contribution in [0.4, 0.5) is 0 Å². The number of piperidine rings is 1. The minimum atomic E-state index is -0.321. The third-order valence-electron chi connectivity index (χ3n) is 5.40. The molecule has 0 radical (unpaired) electrons. The predicted molar refractivity (Wildman–Crippen MR) is 86.9 cm³/mol. The second-order valence-corrected chi connectivity index (χ2v) is 6.81. The number of hydrogen-bond donors (Lipinski definition) is 2. The van der Waals surface area contributed by atoms with Crippen molar-refractivity contribution in [2.24, 2.45) is 0 Å². The number of ether oxygens (including phenoxy) is 1. The van der Waals surface area contributed by atoms with Crippen LogP contribution < -0.4 is 0 Å². The van der Waals surface area contributed by atoms with Gasteiger partial charge in [-0.05, 0) is 37.8 Å². The number of rotatable bonds is 2. The highest BCUT2D eigenvalue weighted by molar-refractivity contribution is 5.84. The number of nitrogens with one attached hydrogen (secondary N) is 1. The smallest absolute Gasteiger partial charge is 0.107 e. The Morgan fingerprint density at radius 2 is 2.27 bits per heavy atom. The number of aryl methyl sites for hydroxylation is 1. The van der Waals surface area contributed by atoms with Gasteiger partial charge in [0.2, 0.25) is 0 Å². The molecule has 0 aliphatic carbocycles. The average molecular weight is 300 g/mol. The second-order valence-electron chi connectivity index (χ2n) is 6.81. The summed E-state index contributed by atoms with van der Waals surface area (Å²) >= 11 is 0. The van der Waals surface area contributed by atoms with Gasteiger partial charge in [0.05, 0.1) is 6.10 Å². The lowest BCUT2D eigenvalue weighted by Gasteiger charge is -2.43. The highest BCUT2D eigenvalue weighted by Gasteiger charge is 2.46. The van der Waals surface area contributed by atoms with Gasteiger partial charge in [0.15, 0.2) is 0 Å². The van der Waals surface area contributed by atoms with E-state index in [2.05, 4.69) is 41.1 Å². The number of benzene rings is 1. The molecule has 4 rings (SSSR count). The number of fused-ring (bicyclic) bond motifs is 1. The quantitative estimate of drug-likeness (QED) is 0.896. The Morgan fingerprint density at radius 3 is 3.05 bits per heavy atom. The van der Waals surface area contributed by atoms with E-state index in [4.69, 9.17) is 4.74 Å². The molecule has 2 atom stereocenters. The monoisotopic (exact) mass is 300 g/mol. The van der Waals surface area contributed by atoms with Crippen LogP contribution in [0.2, 0.25) is 0 Å². The van der Waals surface area contributed by atoms with Gasteiger partial charge in [0.1, 0.15) is 5.60 Å². The van der Waals surface area contributed by atoms with Crippen LogP contribution in [0.5, 0.6) is 0 Å². The molecule has 118 valence electrons. The van der Waals surface area contributed by atoms with E-state index in [1.165, 1.54) is 22.2 Å². The Hall–Kier alpha value is -1.36. The van der Waals surface area contributed by atoms with E-state index >= 15 is 0 Å². The van der Waals surface area contributed by atoms with E-state index in [0.717, 1.165) is 45.5 Å². The van der Waals surface area contributed by atoms with Gasteiger partial charge in [-0.15, -0.1) is 0 Å². The molecular weight excluding hydrogens is 276 g/mol. The number of aliphatic hydroxyl groups excluding tert-OH is 1. The number of para-hydroxylation sites is 1. The van der Waals surface area contributed by atoms with Crippen molar-refractivity contribution in [2.75, 3.05) is 19.7 Å². The van der Waals surface area contributed by atoms with Gasteiger partial charge in [-0.3, -0.25) is 4.90 Å². The summed E-state index contributed by atoms with van der Waals surface area (Å²) in [6, 6.07) is 8.46. The van der Waals surface area contributed by atoms with E-state index < -0.39 is 0 Å². The first-order valence-corrected chi connectivity index (χ1v) is 8.28. The molecule has 0 saturated carbocycles. The lowest BCUT2D eigenvalue weighted by atomic mass is 9.87. The first-order valence-electron chi connectivity index (χ1n) is 8.28. The van der Waals surface area contributed by atoms with E-state index in [0.29, 0.717) is 0 Å². The molecule has 2 aliphatic rings. The number of hydrogen-bond acceptors (Lipinski definition) is 3. The van der Waals surface area contributed by atoms with Crippen LogP contribution in [-0.4, -0.2) is 46.4 Å². The topological polar surface area (TPSA) is 48.5 Å². The van der Waals surface area contributed by atoms with Gasteiger partial charge < -0.3 is 14.8 Å². The average Bonchev–Trinajstić information content (AvgIpc) is 3.11. The van der Waals surface area contributed by atoms with Crippen LogP contribution in [0.1, 0.15) is 30.5 Å². The molecule has 2 saturated heterocycles. The number of nitrogens with zero attached hydrogens (tertiary/aromatic N) is 1. The molecule has 2 fully saturated rings. The fourth-order valence-electron chi connectivity index (χ4n) is 4.09. The number of aromatic nitrogens is 1. The first kappa shape index (κ1) is 14.2. The van der Waals surface area contributed by atoms with Crippen LogP contribution in [0, 0.1) is 6.92 Å². The maximum atomic E-state index is 10.4. The Morgan fingerprint density at radius 1 is 1.41 bits per heavy atom. The summed E-state index contributed by atoms with van der Waals surface area (Å²) in [4.78, 5) is 5.98. The van der Waals surface area contributed by atoms with Crippen LogP contribution in [-0.2, 0) is 11.3 Å². The normalized spacial score (nSPS) is 29.6. The number of likely N-dealkylation sites (tertiary alicyclic amines) is 1. The molecule has 3 heterocycles. The van der Waals surface area contributed by atoms with Crippen molar-refractivity contribution in [2.45, 2.75) is 44.4 Å². The largest absolute Gasteiger partial charge is 0.390 e. The third-order valence-corrected chi connectivity index (χ3v) is 5.40. The van der Waals surface area contributed by atoms with Gasteiger partial charge in [0.25, 0.3) is 0 Å². The van der Waals surface area contributed by atoms with E-state index in [-0.39, 0.29) is 11.7 Å². The Bertz CT molecular complexity index is 673. The predicted octanol–water partition coefficient (Wildman–Crippen LogP) is 2.59. The van der Waals surface area contributed by atoms with Crippen LogP contribution in [0.25, 0.3) is 10.9 Å². The van der Waals surface area contributed by atoms with Crippen molar-refractivity contribution in [1.29, 1.82) is 0 Å². The molecule has 22 heavy (non-hydrogen) atoms. The summed E-state index contributed by atoms with van der Waals surface area (Å²) in [5, 5.41) is 11.7. The minimum Gasteiger partial charge on any atom is -0.390 e. The van der Waals surface area contributed by atoms with Crippen molar-refractivity contribution in [3.05, 3.63) is 35.5 Å². The molecule has 4 nitrogen and oxygen atoms in total. The van der Waals surface area contributed by atoms with Crippen molar-refractivity contribution in [3.8, 4) is 0 Å². The van der Waals surface area contributed by atoms with Crippen molar-refractivity contribution in [1.82, 2.24) is 9.88 Å². The van der Waals surface area contributed by atoms with Crippen molar-refractivity contribution < 1.29 is 9.84 Å². The summed E-state index contributed by atoms with van der Waals surface area (Å²) in [5.74, 6) is 0. The lowest BCUT2D eigenvalue weighted by Crippen LogP contribution is -2.56. The molecule has 1 spiro atoms. The Labute approximate surface area is 131 Å². The molecule has 2 N–H and O–H groups in total. The second kappa shape index (κ2) is 5.37. The lowest BCUT2D eigenvalue weighted by molar-refractivity contribution is -0.132. The molecule has 4 heteroatoms. The molecule has 0 unspecified atom stereocenters. The van der Waals surface area contributed by atoms with Crippen molar-refractivity contribution in [3.63, 3.8) is 0 Å². The fourth-order valence-corrected chi connectivity index (χ4v) is 4.09. The molecule has 1 aromatic heterocycles. The summed E-state index contributed by atoms with van der Waals surface area (Å²) in [7, 11) is 0. The first-order chi connectivity index (χ1) is 10.7. The Balaban J connectivity index is 1.56. The molecule has 0 amide bonds. The van der Waals surface area contributed by atoms with Crippen molar-refractivity contribution >= 4 is 10.9 Å². The summed E-state index contributed by atoms with van der Waals surface area (Å²) < 4.78 is 5.95. The van der Waals surface area contributed by atoms with Gasteiger partial charge in [0, 0.05) is 42.8 Å². The van der Waals surface area contributed by atoms with E-state index in [1.807, 2.05) is 0 Å². The van der Waals surface area contributed by atoms with Crippen LogP contribution in [0.15, 0.2) is 24.3 Å². The number of H-pyrrole nitrogens is 1. The molecular formula is C18H24N2O2.